The van der Waals surface area contributed by atoms with E-state index in [9.17, 15) is 45.6 Å². The monoisotopic (exact) mass is 594 g/mol. The summed E-state index contributed by atoms with van der Waals surface area (Å²) in [5.74, 6) is -0.612. The Morgan fingerprint density at radius 2 is 1.76 bits per heavy atom. The van der Waals surface area contributed by atoms with Gasteiger partial charge in [-0.15, -0.1) is 0 Å². The third kappa shape index (κ3) is 5.37. The summed E-state index contributed by atoms with van der Waals surface area (Å²) in [6.07, 6.45) is -11.3. The standard InChI is InChI=1S/C27H30O15/c1-37-17-4-11(2-3-13(17)30)16-7-15(32)20-14(31)5-12(6-18(20)40-16)39-25-23(22(34)21(33)19(8-28)41-25)42-26-24(35)27(36,9-29)10-38-26/h2-7,19,21-26,28-31,33-36H,8-10H2,1H3/t19-,21-,22+,23-,24+,25+,26+,27-/m1/s1. The lowest BCUT2D eigenvalue weighted by Crippen LogP contribution is -2.62. The van der Waals surface area contributed by atoms with Crippen molar-refractivity contribution in [3.05, 3.63) is 46.6 Å². The first-order chi connectivity index (χ1) is 20.0. The van der Waals surface area contributed by atoms with Crippen molar-refractivity contribution in [2.24, 2.45) is 0 Å². The van der Waals surface area contributed by atoms with Gasteiger partial charge < -0.3 is 69.0 Å². The van der Waals surface area contributed by atoms with Crippen molar-refractivity contribution < 1.29 is 69.0 Å². The summed E-state index contributed by atoms with van der Waals surface area (Å²) in [6.45, 7) is -2.08. The zero-order valence-corrected chi connectivity index (χ0v) is 22.1. The number of aliphatic hydroxyl groups excluding tert-OH is 5. The molecule has 3 aromatic rings. The smallest absolute Gasteiger partial charge is 0.229 e. The van der Waals surface area contributed by atoms with Gasteiger partial charge in [0.15, 0.2) is 29.3 Å². The molecule has 2 fully saturated rings. The van der Waals surface area contributed by atoms with Crippen LogP contribution in [-0.2, 0) is 14.2 Å². The normalized spacial score (nSPS) is 31.4. The molecule has 0 amide bonds. The van der Waals surface area contributed by atoms with Crippen molar-refractivity contribution in [2.75, 3.05) is 26.9 Å². The van der Waals surface area contributed by atoms with Gasteiger partial charge in [-0.25, -0.2) is 0 Å². The van der Waals surface area contributed by atoms with E-state index < -0.39 is 79.7 Å². The number of phenolic OH excluding ortho intramolecular Hbond substituents is 2. The Balaban J connectivity index is 1.48. The van der Waals surface area contributed by atoms with E-state index in [-0.39, 0.29) is 34.0 Å². The lowest BCUT2D eigenvalue weighted by atomic mass is 9.98. The third-order valence-electron chi connectivity index (χ3n) is 7.20. The fourth-order valence-corrected chi connectivity index (χ4v) is 4.78. The van der Waals surface area contributed by atoms with Gasteiger partial charge in [0.05, 0.1) is 26.9 Å². The molecule has 8 N–H and O–H groups in total. The first-order valence-corrected chi connectivity index (χ1v) is 12.8. The quantitative estimate of drug-likeness (QED) is 0.148. The van der Waals surface area contributed by atoms with E-state index in [0.29, 0.717) is 5.56 Å². The number of hydrogen-bond acceptors (Lipinski definition) is 15. The maximum Gasteiger partial charge on any atom is 0.229 e. The number of aromatic hydroxyl groups is 2. The van der Waals surface area contributed by atoms with Crippen LogP contribution in [0.2, 0.25) is 0 Å². The van der Waals surface area contributed by atoms with Crippen LogP contribution in [0.3, 0.4) is 0 Å². The fourth-order valence-electron chi connectivity index (χ4n) is 4.78. The molecule has 15 heteroatoms. The van der Waals surface area contributed by atoms with Crippen LogP contribution in [0, 0.1) is 0 Å². The molecule has 0 radical (unpaired) electrons. The summed E-state index contributed by atoms with van der Waals surface area (Å²) in [4.78, 5) is 12.9. The molecule has 0 saturated carbocycles. The topological polar surface area (TPSA) is 238 Å². The second-order valence-electron chi connectivity index (χ2n) is 9.99. The average molecular weight is 595 g/mol. The third-order valence-corrected chi connectivity index (χ3v) is 7.20. The summed E-state index contributed by atoms with van der Waals surface area (Å²) in [5.41, 5.74) is -2.39. The van der Waals surface area contributed by atoms with Gasteiger partial charge in [-0.2, -0.15) is 0 Å². The Hall–Kier alpha value is -3.51. The molecular weight excluding hydrogens is 564 g/mol. The maximum atomic E-state index is 12.9. The van der Waals surface area contributed by atoms with Gasteiger partial charge >= 0.3 is 0 Å². The zero-order valence-electron chi connectivity index (χ0n) is 22.1. The van der Waals surface area contributed by atoms with Crippen LogP contribution < -0.4 is 14.9 Å². The van der Waals surface area contributed by atoms with Crippen LogP contribution in [0.25, 0.3) is 22.3 Å². The average Bonchev–Trinajstić information content (AvgIpc) is 3.25. The van der Waals surface area contributed by atoms with E-state index in [1.807, 2.05) is 0 Å². The molecule has 0 spiro atoms. The highest BCUT2D eigenvalue weighted by Crippen LogP contribution is 2.36. The largest absolute Gasteiger partial charge is 0.507 e. The highest BCUT2D eigenvalue weighted by Gasteiger charge is 2.53. The highest BCUT2D eigenvalue weighted by molar-refractivity contribution is 5.86. The van der Waals surface area contributed by atoms with E-state index in [1.165, 1.54) is 31.4 Å². The molecule has 228 valence electrons. The van der Waals surface area contributed by atoms with E-state index in [4.69, 9.17) is 28.1 Å². The van der Waals surface area contributed by atoms with Gasteiger partial charge in [-0.05, 0) is 18.2 Å². The molecule has 8 atom stereocenters. The van der Waals surface area contributed by atoms with Crippen LogP contribution in [-0.4, -0.2) is 116 Å². The number of benzene rings is 2. The summed E-state index contributed by atoms with van der Waals surface area (Å²) in [7, 11) is 1.35. The minimum atomic E-state index is -2.05. The van der Waals surface area contributed by atoms with Crippen molar-refractivity contribution in [3.63, 3.8) is 0 Å². The fraction of sp³-hybridized carbons (Fsp3) is 0.444. The second-order valence-corrected chi connectivity index (χ2v) is 9.99. The summed E-state index contributed by atoms with van der Waals surface area (Å²) in [5, 5.41) is 81.3. The predicted molar refractivity (Wildman–Crippen MR) is 139 cm³/mol. The molecule has 0 bridgehead atoms. The first-order valence-electron chi connectivity index (χ1n) is 12.8. The number of ether oxygens (including phenoxy) is 5. The Morgan fingerprint density at radius 3 is 2.43 bits per heavy atom. The second kappa shape index (κ2) is 11.6. The van der Waals surface area contributed by atoms with Gasteiger partial charge in [0.2, 0.25) is 6.29 Å². The number of aliphatic hydroxyl groups is 6. The SMILES string of the molecule is COc1cc(-c2cc(=O)c3c(O)cc(O[C@H]4O[C@H](CO)[C@@H](O)[C@H](O)[C@H]4O[C@@H]4OC[C@](O)(CO)[C@H]4O)cc3o2)ccc1O. The van der Waals surface area contributed by atoms with E-state index >= 15 is 0 Å². The van der Waals surface area contributed by atoms with Crippen molar-refractivity contribution >= 4 is 11.0 Å². The Morgan fingerprint density at radius 1 is 1.00 bits per heavy atom. The van der Waals surface area contributed by atoms with Crippen LogP contribution in [0.4, 0.5) is 0 Å². The molecule has 2 aromatic carbocycles. The molecule has 3 heterocycles. The molecule has 5 rings (SSSR count). The van der Waals surface area contributed by atoms with Crippen LogP contribution >= 0.6 is 0 Å². The van der Waals surface area contributed by atoms with E-state index in [1.54, 1.807) is 0 Å². The minimum absolute atomic E-state index is 0.0695. The van der Waals surface area contributed by atoms with Gasteiger partial charge in [0.1, 0.15) is 58.2 Å². The Bertz CT molecular complexity index is 1490. The minimum Gasteiger partial charge on any atom is -0.507 e. The van der Waals surface area contributed by atoms with Gasteiger partial charge in [-0.3, -0.25) is 4.79 Å². The molecule has 0 aliphatic carbocycles. The van der Waals surface area contributed by atoms with Gasteiger partial charge in [-0.1, -0.05) is 0 Å². The Kier molecular flexibility index (Phi) is 8.30. The summed E-state index contributed by atoms with van der Waals surface area (Å²) < 4.78 is 33.2. The highest BCUT2D eigenvalue weighted by atomic mass is 16.8. The molecule has 2 aliphatic heterocycles. The van der Waals surface area contributed by atoms with Crippen molar-refractivity contribution in [3.8, 4) is 34.3 Å². The molecule has 15 nitrogen and oxygen atoms in total. The lowest BCUT2D eigenvalue weighted by Gasteiger charge is -2.42. The van der Waals surface area contributed by atoms with Crippen molar-refractivity contribution in [1.82, 2.24) is 0 Å². The van der Waals surface area contributed by atoms with Crippen LogP contribution in [0.5, 0.6) is 23.0 Å². The van der Waals surface area contributed by atoms with Crippen molar-refractivity contribution in [2.45, 2.75) is 48.7 Å². The first kappa shape index (κ1) is 30.0. The number of hydrogen-bond donors (Lipinski definition) is 8. The number of phenols is 2. The summed E-state index contributed by atoms with van der Waals surface area (Å²) in [6, 6.07) is 7.73. The van der Waals surface area contributed by atoms with Crippen molar-refractivity contribution in [1.29, 1.82) is 0 Å². The molecule has 2 saturated heterocycles. The van der Waals surface area contributed by atoms with Gasteiger partial charge in [0.25, 0.3) is 0 Å². The number of methoxy groups -OCH3 is 1. The predicted octanol–water partition coefficient (Wildman–Crippen LogP) is -1.48. The molecular formula is C27H30O15. The van der Waals surface area contributed by atoms with Crippen LogP contribution in [0.1, 0.15) is 0 Å². The zero-order chi connectivity index (χ0) is 30.3. The summed E-state index contributed by atoms with van der Waals surface area (Å²) >= 11 is 0. The maximum absolute atomic E-state index is 12.9. The molecule has 0 unspecified atom stereocenters. The number of fused-ring (bicyclic) bond motifs is 1. The van der Waals surface area contributed by atoms with Crippen LogP contribution in [0.15, 0.2) is 45.6 Å². The molecule has 42 heavy (non-hydrogen) atoms. The molecule has 2 aliphatic rings. The molecule has 1 aromatic heterocycles. The number of rotatable bonds is 8. The lowest BCUT2D eigenvalue weighted by molar-refractivity contribution is -0.318. The van der Waals surface area contributed by atoms with E-state index in [2.05, 4.69) is 0 Å². The van der Waals surface area contributed by atoms with Gasteiger partial charge in [0, 0.05) is 23.8 Å². The van der Waals surface area contributed by atoms with E-state index in [0.717, 1.165) is 12.1 Å². The Labute approximate surface area is 236 Å².